The fraction of sp³-hybridized carbons (Fsp3) is 0.231. The van der Waals surface area contributed by atoms with Gasteiger partial charge in [-0.1, -0.05) is 12.1 Å². The van der Waals surface area contributed by atoms with Crippen LogP contribution in [0.15, 0.2) is 36.7 Å². The molecule has 0 bridgehead atoms. The molecule has 0 amide bonds. The molecule has 5 heteroatoms. The van der Waals surface area contributed by atoms with Crippen molar-refractivity contribution in [1.82, 2.24) is 19.3 Å². The van der Waals surface area contributed by atoms with Crippen LogP contribution in [0.2, 0.25) is 0 Å². The molecule has 0 radical (unpaired) electrons. The quantitative estimate of drug-likeness (QED) is 0.751. The molecular weight excluding hydrogens is 226 g/mol. The minimum Gasteiger partial charge on any atom is -0.330 e. The van der Waals surface area contributed by atoms with Crippen LogP contribution in [0.5, 0.6) is 0 Å². The number of aryl methyl sites for hydroxylation is 1. The van der Waals surface area contributed by atoms with Gasteiger partial charge in [0.05, 0.1) is 17.6 Å². The first-order valence-corrected chi connectivity index (χ1v) is 5.90. The van der Waals surface area contributed by atoms with Crippen LogP contribution in [0.4, 0.5) is 0 Å². The zero-order chi connectivity index (χ0) is 12.5. The lowest BCUT2D eigenvalue weighted by Gasteiger charge is -2.02. The lowest BCUT2D eigenvalue weighted by atomic mass is 10.2. The van der Waals surface area contributed by atoms with Crippen LogP contribution in [-0.2, 0) is 20.1 Å². The van der Waals surface area contributed by atoms with Gasteiger partial charge in [-0.25, -0.2) is 4.98 Å². The number of hydrogen-bond acceptors (Lipinski definition) is 3. The van der Waals surface area contributed by atoms with Gasteiger partial charge in [-0.3, -0.25) is 4.68 Å². The first-order chi connectivity index (χ1) is 8.79. The minimum absolute atomic E-state index is 0.509. The Balaban J connectivity index is 2.10. The summed E-state index contributed by atoms with van der Waals surface area (Å²) in [5.74, 6) is 0.981. The fourth-order valence-electron chi connectivity index (χ4n) is 2.17. The van der Waals surface area contributed by atoms with Crippen molar-refractivity contribution >= 4 is 11.0 Å². The van der Waals surface area contributed by atoms with Crippen LogP contribution >= 0.6 is 0 Å². The van der Waals surface area contributed by atoms with Crippen LogP contribution in [0, 0.1) is 0 Å². The van der Waals surface area contributed by atoms with Crippen molar-refractivity contribution in [2.45, 2.75) is 13.1 Å². The van der Waals surface area contributed by atoms with E-state index in [1.54, 1.807) is 6.20 Å². The summed E-state index contributed by atoms with van der Waals surface area (Å²) in [5, 5.41) is 4.20. The van der Waals surface area contributed by atoms with E-state index in [0.29, 0.717) is 13.1 Å². The van der Waals surface area contributed by atoms with Gasteiger partial charge < -0.3 is 10.3 Å². The summed E-state index contributed by atoms with van der Waals surface area (Å²) in [6.45, 7) is 1.18. The molecule has 0 aliphatic heterocycles. The van der Waals surface area contributed by atoms with E-state index in [1.807, 2.05) is 36.1 Å². The number of hydrogen-bond donors (Lipinski definition) is 1. The van der Waals surface area contributed by atoms with Gasteiger partial charge in [0.25, 0.3) is 0 Å². The Hall–Kier alpha value is -2.14. The van der Waals surface area contributed by atoms with Crippen molar-refractivity contribution in [2.75, 3.05) is 0 Å². The molecular formula is C13H15N5. The van der Waals surface area contributed by atoms with E-state index in [4.69, 9.17) is 5.73 Å². The highest BCUT2D eigenvalue weighted by atomic mass is 15.3. The Morgan fingerprint density at radius 3 is 2.89 bits per heavy atom. The van der Waals surface area contributed by atoms with Crippen LogP contribution < -0.4 is 5.73 Å². The third kappa shape index (κ3) is 1.69. The van der Waals surface area contributed by atoms with Gasteiger partial charge in [-0.15, -0.1) is 0 Å². The molecule has 18 heavy (non-hydrogen) atoms. The van der Waals surface area contributed by atoms with E-state index in [-0.39, 0.29) is 0 Å². The Morgan fingerprint density at radius 2 is 2.17 bits per heavy atom. The third-order valence-corrected chi connectivity index (χ3v) is 3.17. The fourth-order valence-corrected chi connectivity index (χ4v) is 2.17. The van der Waals surface area contributed by atoms with Gasteiger partial charge in [0, 0.05) is 26.0 Å². The van der Waals surface area contributed by atoms with E-state index in [1.165, 1.54) is 0 Å². The summed E-state index contributed by atoms with van der Waals surface area (Å²) in [4.78, 5) is 4.68. The largest absolute Gasteiger partial charge is 0.330 e. The molecule has 5 nitrogen and oxygen atoms in total. The first-order valence-electron chi connectivity index (χ1n) is 5.90. The number of nitrogens with zero attached hydrogens (tertiary/aromatic N) is 4. The van der Waals surface area contributed by atoms with Crippen molar-refractivity contribution in [3.63, 3.8) is 0 Å². The Bertz CT molecular complexity index is 666. The van der Waals surface area contributed by atoms with Crippen LogP contribution in [-0.4, -0.2) is 19.3 Å². The number of benzene rings is 1. The Labute approximate surface area is 105 Å². The zero-order valence-electron chi connectivity index (χ0n) is 10.2. The maximum atomic E-state index is 5.74. The molecule has 2 aromatic heterocycles. The number of nitrogens with two attached hydrogens (primary N) is 1. The summed E-state index contributed by atoms with van der Waals surface area (Å²) in [5.41, 5.74) is 8.92. The lowest BCUT2D eigenvalue weighted by Crippen LogP contribution is -2.06. The molecule has 0 atom stereocenters. The lowest BCUT2D eigenvalue weighted by molar-refractivity contribution is 0.636. The monoisotopic (exact) mass is 241 g/mol. The summed E-state index contributed by atoms with van der Waals surface area (Å²) < 4.78 is 3.96. The van der Waals surface area contributed by atoms with Crippen molar-refractivity contribution < 1.29 is 0 Å². The average Bonchev–Trinajstić information content (AvgIpc) is 3.00. The minimum atomic E-state index is 0.509. The van der Waals surface area contributed by atoms with Gasteiger partial charge in [-0.05, 0) is 17.7 Å². The molecule has 0 aliphatic rings. The molecule has 2 N–H and O–H groups in total. The van der Waals surface area contributed by atoms with Crippen molar-refractivity contribution in [2.24, 2.45) is 12.8 Å². The highest BCUT2D eigenvalue weighted by Gasteiger charge is 2.10. The maximum absolute atomic E-state index is 5.74. The second kappa shape index (κ2) is 4.27. The van der Waals surface area contributed by atoms with Crippen molar-refractivity contribution in [1.29, 1.82) is 0 Å². The topological polar surface area (TPSA) is 61.7 Å². The van der Waals surface area contributed by atoms with Gasteiger partial charge in [0.15, 0.2) is 0 Å². The normalized spacial score (nSPS) is 11.2. The maximum Gasteiger partial charge on any atom is 0.131 e. The molecule has 92 valence electrons. The third-order valence-electron chi connectivity index (χ3n) is 3.17. The molecule has 1 aromatic carbocycles. The second-order valence-corrected chi connectivity index (χ2v) is 4.28. The van der Waals surface area contributed by atoms with E-state index in [0.717, 1.165) is 22.4 Å². The predicted octanol–water partition coefficient (Wildman–Crippen LogP) is 1.28. The average molecular weight is 241 g/mol. The number of fused-ring (bicyclic) bond motifs is 1. The molecule has 0 saturated heterocycles. The molecule has 0 unspecified atom stereocenters. The smallest absolute Gasteiger partial charge is 0.131 e. The number of para-hydroxylation sites is 1. The molecule has 0 spiro atoms. The summed E-state index contributed by atoms with van der Waals surface area (Å²) >= 11 is 0. The molecule has 3 rings (SSSR count). The Morgan fingerprint density at radius 1 is 1.28 bits per heavy atom. The van der Waals surface area contributed by atoms with Gasteiger partial charge in [0.2, 0.25) is 0 Å². The molecule has 0 fully saturated rings. The number of aromatic nitrogens is 4. The standard InChI is InChI=1S/C13H15N5/c1-17-11-5-2-4-10(8-14)13(11)16-12(17)9-18-7-3-6-15-18/h2-7H,8-9,14H2,1H3. The Kier molecular flexibility index (Phi) is 2.60. The predicted molar refractivity (Wildman–Crippen MR) is 69.9 cm³/mol. The molecule has 0 saturated carbocycles. The van der Waals surface area contributed by atoms with Crippen molar-refractivity contribution in [3.8, 4) is 0 Å². The van der Waals surface area contributed by atoms with Crippen LogP contribution in [0.1, 0.15) is 11.4 Å². The van der Waals surface area contributed by atoms with E-state index in [9.17, 15) is 0 Å². The van der Waals surface area contributed by atoms with Crippen molar-refractivity contribution in [3.05, 3.63) is 48.0 Å². The molecule has 0 aliphatic carbocycles. The molecule has 3 aromatic rings. The molecule has 2 heterocycles. The van der Waals surface area contributed by atoms with E-state index < -0.39 is 0 Å². The van der Waals surface area contributed by atoms with E-state index >= 15 is 0 Å². The highest BCUT2D eigenvalue weighted by molar-refractivity contribution is 5.79. The highest BCUT2D eigenvalue weighted by Crippen LogP contribution is 2.19. The van der Waals surface area contributed by atoms with Gasteiger partial charge in [-0.2, -0.15) is 5.10 Å². The zero-order valence-corrected chi connectivity index (χ0v) is 10.2. The SMILES string of the molecule is Cn1c(Cn2cccn2)nc2c(CN)cccc21. The van der Waals surface area contributed by atoms with E-state index in [2.05, 4.69) is 20.7 Å². The van der Waals surface area contributed by atoms with Crippen LogP contribution in [0.25, 0.3) is 11.0 Å². The van der Waals surface area contributed by atoms with Gasteiger partial charge in [0.1, 0.15) is 5.82 Å². The number of rotatable bonds is 3. The number of imidazole rings is 1. The summed E-state index contributed by atoms with van der Waals surface area (Å²) in [6, 6.07) is 8.01. The van der Waals surface area contributed by atoms with Gasteiger partial charge >= 0.3 is 0 Å². The summed E-state index contributed by atoms with van der Waals surface area (Å²) in [7, 11) is 2.02. The summed E-state index contributed by atoms with van der Waals surface area (Å²) in [6.07, 6.45) is 3.71. The second-order valence-electron chi connectivity index (χ2n) is 4.28. The van der Waals surface area contributed by atoms with Crippen LogP contribution in [0.3, 0.4) is 0 Å². The first kappa shape index (κ1) is 11.0.